The Bertz CT molecular complexity index is 1090. The summed E-state index contributed by atoms with van der Waals surface area (Å²) in [7, 11) is 0. The molecule has 0 aliphatic carbocycles. The summed E-state index contributed by atoms with van der Waals surface area (Å²) in [5, 5.41) is 15.0. The number of hydrogen-bond acceptors (Lipinski definition) is 4. The van der Waals surface area contributed by atoms with Crippen LogP contribution in [0.3, 0.4) is 0 Å². The number of fused-ring (bicyclic) bond motifs is 2. The average molecular weight is 506 g/mol. The molecule has 0 saturated heterocycles. The zero-order valence-corrected chi connectivity index (χ0v) is 19.5. The molecule has 168 valence electrons. The van der Waals surface area contributed by atoms with E-state index in [1.54, 1.807) is 12.1 Å². The lowest BCUT2D eigenvalue weighted by Crippen LogP contribution is -2.10. The van der Waals surface area contributed by atoms with Crippen LogP contribution in [0.15, 0.2) is 36.4 Å². The molecule has 8 N–H and O–H groups in total. The number of nitrogen functional groups attached to an aromatic ring is 2. The summed E-state index contributed by atoms with van der Waals surface area (Å²) in [5.74, 6) is 1.90. The number of imidazole rings is 2. The Hall–Kier alpha value is -2.52. The number of benzene rings is 2. The Labute approximate surface area is 203 Å². The third kappa shape index (κ3) is 6.24. The highest BCUT2D eigenvalue weighted by Gasteiger charge is 2.08. The van der Waals surface area contributed by atoms with Gasteiger partial charge in [0.05, 0.1) is 22.1 Å². The first kappa shape index (κ1) is 28.5. The van der Waals surface area contributed by atoms with E-state index in [4.69, 9.17) is 22.3 Å². The molecule has 4 rings (SSSR count). The first-order valence-corrected chi connectivity index (χ1v) is 8.65. The fourth-order valence-corrected chi connectivity index (χ4v) is 3.12. The predicted octanol–water partition coefficient (Wildman–Crippen LogP) is 3.87. The molecule has 0 spiro atoms. The topological polar surface area (TPSA) is 157 Å². The van der Waals surface area contributed by atoms with Gasteiger partial charge in [-0.3, -0.25) is 10.8 Å². The highest BCUT2D eigenvalue weighted by Crippen LogP contribution is 2.17. The van der Waals surface area contributed by atoms with Crippen molar-refractivity contribution in [2.75, 3.05) is 0 Å². The Kier molecular flexibility index (Phi) is 10.8. The van der Waals surface area contributed by atoms with Crippen LogP contribution >= 0.6 is 49.6 Å². The van der Waals surface area contributed by atoms with E-state index >= 15 is 0 Å². The number of hydrogen-bond donors (Lipinski definition) is 6. The van der Waals surface area contributed by atoms with Crippen molar-refractivity contribution in [3.8, 4) is 0 Å². The molecule has 31 heavy (non-hydrogen) atoms. The SMILES string of the molecule is Cl.Cl.Cl.Cl.N=C(N)c1ccc2nc(CCCc3nc4ccc(C(=N)N)cc4[nH]3)[nH]c2c1. The van der Waals surface area contributed by atoms with Crippen LogP contribution in [0.5, 0.6) is 0 Å². The first-order valence-electron chi connectivity index (χ1n) is 8.65. The lowest BCUT2D eigenvalue weighted by Gasteiger charge is -1.96. The summed E-state index contributed by atoms with van der Waals surface area (Å²) >= 11 is 0. The molecule has 0 unspecified atom stereocenters. The van der Waals surface area contributed by atoms with Crippen molar-refractivity contribution >= 4 is 83.4 Å². The summed E-state index contributed by atoms with van der Waals surface area (Å²) in [5.41, 5.74) is 16.0. The van der Waals surface area contributed by atoms with E-state index in [1.807, 2.05) is 24.3 Å². The number of nitrogens with zero attached hydrogens (tertiary/aromatic N) is 2. The minimum absolute atomic E-state index is 0. The maximum absolute atomic E-state index is 7.52. The zero-order chi connectivity index (χ0) is 19.0. The fourth-order valence-electron chi connectivity index (χ4n) is 3.12. The molecule has 0 fully saturated rings. The monoisotopic (exact) mass is 504 g/mol. The van der Waals surface area contributed by atoms with Crippen LogP contribution in [0.2, 0.25) is 0 Å². The molecule has 0 bridgehead atoms. The molecule has 2 aromatic carbocycles. The largest absolute Gasteiger partial charge is 0.384 e. The van der Waals surface area contributed by atoms with Crippen molar-refractivity contribution in [1.82, 2.24) is 19.9 Å². The molecular formula is C19H24Cl4N8. The maximum Gasteiger partial charge on any atom is 0.122 e. The first-order chi connectivity index (χ1) is 13.0. The molecule has 0 atom stereocenters. The van der Waals surface area contributed by atoms with Crippen LogP contribution < -0.4 is 11.5 Å². The predicted molar refractivity (Wildman–Crippen MR) is 135 cm³/mol. The molecule has 2 heterocycles. The van der Waals surface area contributed by atoms with Crippen molar-refractivity contribution in [3.05, 3.63) is 59.2 Å². The number of amidine groups is 2. The van der Waals surface area contributed by atoms with Gasteiger partial charge in [-0.15, -0.1) is 49.6 Å². The van der Waals surface area contributed by atoms with E-state index in [0.29, 0.717) is 11.1 Å². The van der Waals surface area contributed by atoms with Gasteiger partial charge in [0.2, 0.25) is 0 Å². The van der Waals surface area contributed by atoms with Gasteiger partial charge in [0.15, 0.2) is 0 Å². The van der Waals surface area contributed by atoms with Crippen LogP contribution in [0, 0.1) is 10.8 Å². The molecule has 0 aliphatic heterocycles. The summed E-state index contributed by atoms with van der Waals surface area (Å²) in [6.45, 7) is 0. The van der Waals surface area contributed by atoms with Gasteiger partial charge >= 0.3 is 0 Å². The van der Waals surface area contributed by atoms with Gasteiger partial charge in [0.25, 0.3) is 0 Å². The van der Waals surface area contributed by atoms with Crippen LogP contribution in [0.1, 0.15) is 29.2 Å². The van der Waals surface area contributed by atoms with E-state index in [1.165, 1.54) is 0 Å². The number of aromatic amines is 2. The van der Waals surface area contributed by atoms with Gasteiger partial charge in [-0.05, 0) is 42.8 Å². The number of halogens is 4. The third-order valence-electron chi connectivity index (χ3n) is 4.51. The summed E-state index contributed by atoms with van der Waals surface area (Å²) in [6.07, 6.45) is 2.47. The van der Waals surface area contributed by atoms with E-state index in [2.05, 4.69) is 19.9 Å². The molecule has 0 aliphatic rings. The molecule has 0 saturated carbocycles. The van der Waals surface area contributed by atoms with Gasteiger partial charge in [-0.2, -0.15) is 0 Å². The van der Waals surface area contributed by atoms with Crippen molar-refractivity contribution in [2.24, 2.45) is 11.5 Å². The number of nitrogens with one attached hydrogen (secondary N) is 4. The Balaban J connectivity index is 0.00000225. The summed E-state index contributed by atoms with van der Waals surface area (Å²) < 4.78 is 0. The molecule has 0 amide bonds. The lowest BCUT2D eigenvalue weighted by atomic mass is 10.2. The molecule has 8 nitrogen and oxygen atoms in total. The van der Waals surface area contributed by atoms with Crippen molar-refractivity contribution in [2.45, 2.75) is 19.3 Å². The standard InChI is InChI=1S/C19H20N8.4ClH/c20-18(21)10-4-6-12-14(8-10)26-16(24-12)2-1-3-17-25-13-7-5-11(19(22)23)9-15(13)27-17;;;;/h4-9H,1-3H2,(H3,20,21)(H3,22,23)(H,24,26)(H,25,27);4*1H. The smallest absolute Gasteiger partial charge is 0.122 e. The number of aromatic nitrogens is 4. The number of rotatable bonds is 6. The minimum atomic E-state index is 0. The third-order valence-corrected chi connectivity index (χ3v) is 4.51. The maximum atomic E-state index is 7.52. The molecule has 12 heteroatoms. The Morgan fingerprint density at radius 1 is 0.710 bits per heavy atom. The molecule has 0 radical (unpaired) electrons. The quantitative estimate of drug-likeness (QED) is 0.173. The second-order valence-electron chi connectivity index (χ2n) is 6.51. The van der Waals surface area contributed by atoms with Crippen LogP contribution in [0.25, 0.3) is 22.1 Å². The number of nitrogens with two attached hydrogens (primary N) is 2. The minimum Gasteiger partial charge on any atom is -0.384 e. The summed E-state index contributed by atoms with van der Waals surface area (Å²) in [6, 6.07) is 11.0. The normalized spacial score (nSPS) is 9.81. The van der Waals surface area contributed by atoms with E-state index < -0.39 is 0 Å². The second kappa shape index (κ2) is 11.8. The van der Waals surface area contributed by atoms with Crippen molar-refractivity contribution in [3.63, 3.8) is 0 Å². The highest BCUT2D eigenvalue weighted by atomic mass is 35.5. The van der Waals surface area contributed by atoms with Gasteiger partial charge in [0.1, 0.15) is 23.3 Å². The van der Waals surface area contributed by atoms with Gasteiger partial charge in [-0.25, -0.2) is 9.97 Å². The van der Waals surface area contributed by atoms with E-state index in [0.717, 1.165) is 53.0 Å². The van der Waals surface area contributed by atoms with E-state index in [-0.39, 0.29) is 61.3 Å². The van der Waals surface area contributed by atoms with Gasteiger partial charge in [-0.1, -0.05) is 0 Å². The average Bonchev–Trinajstić information content (AvgIpc) is 3.22. The molecular weight excluding hydrogens is 482 g/mol. The fraction of sp³-hybridized carbons (Fsp3) is 0.158. The van der Waals surface area contributed by atoms with Crippen molar-refractivity contribution in [1.29, 1.82) is 10.8 Å². The lowest BCUT2D eigenvalue weighted by molar-refractivity contribution is 0.759. The van der Waals surface area contributed by atoms with Gasteiger partial charge < -0.3 is 21.4 Å². The van der Waals surface area contributed by atoms with Crippen LogP contribution in [-0.4, -0.2) is 31.6 Å². The second-order valence-corrected chi connectivity index (χ2v) is 6.51. The summed E-state index contributed by atoms with van der Waals surface area (Å²) in [4.78, 5) is 15.8. The van der Waals surface area contributed by atoms with Crippen LogP contribution in [-0.2, 0) is 12.8 Å². The Morgan fingerprint density at radius 3 is 1.45 bits per heavy atom. The van der Waals surface area contributed by atoms with Crippen LogP contribution in [0.4, 0.5) is 0 Å². The number of aryl methyl sites for hydroxylation is 2. The van der Waals surface area contributed by atoms with Crippen molar-refractivity contribution < 1.29 is 0 Å². The van der Waals surface area contributed by atoms with Gasteiger partial charge in [0, 0.05) is 24.0 Å². The highest BCUT2D eigenvalue weighted by molar-refractivity contribution is 5.98. The molecule has 4 aromatic rings. The zero-order valence-electron chi connectivity index (χ0n) is 16.3. The van der Waals surface area contributed by atoms with E-state index in [9.17, 15) is 0 Å². The number of H-pyrrole nitrogens is 2. The Morgan fingerprint density at radius 2 is 1.10 bits per heavy atom. The molecule has 2 aromatic heterocycles.